The van der Waals surface area contributed by atoms with Crippen LogP contribution in [0.25, 0.3) is 11.0 Å². The number of aromatic amines is 1. The number of nitrogens with zero attached hydrogens (tertiary/aromatic N) is 3. The molecule has 0 aliphatic heterocycles. The highest BCUT2D eigenvalue weighted by atomic mass is 32.2. The molecule has 0 amide bonds. The average Bonchev–Trinajstić information content (AvgIpc) is 3.08. The van der Waals surface area contributed by atoms with Gasteiger partial charge in [-0.3, -0.25) is 9.78 Å². The molecule has 0 radical (unpaired) electrons. The molecule has 4 rings (SSSR count). The summed E-state index contributed by atoms with van der Waals surface area (Å²) in [4.78, 5) is 29.4. The Morgan fingerprint density at radius 1 is 1.36 bits per heavy atom. The molecule has 1 fully saturated rings. The lowest BCUT2D eigenvalue weighted by Crippen LogP contribution is -2.36. The molecule has 28 heavy (non-hydrogen) atoms. The number of H-pyrrole nitrogens is 1. The number of hydrogen-bond acceptors (Lipinski definition) is 7. The van der Waals surface area contributed by atoms with Gasteiger partial charge in [0.05, 0.1) is 17.5 Å². The Morgan fingerprint density at radius 3 is 2.93 bits per heavy atom. The molecule has 1 aliphatic rings. The zero-order valence-electron chi connectivity index (χ0n) is 15.7. The molecule has 0 bridgehead atoms. The van der Waals surface area contributed by atoms with Gasteiger partial charge in [-0.05, 0) is 43.2 Å². The summed E-state index contributed by atoms with van der Waals surface area (Å²) < 4.78 is 0. The van der Waals surface area contributed by atoms with Crippen LogP contribution in [0.1, 0.15) is 48.7 Å². The van der Waals surface area contributed by atoms with Gasteiger partial charge in [-0.1, -0.05) is 19.8 Å². The Hall–Kier alpha value is -2.45. The number of aliphatic hydroxyl groups is 1. The van der Waals surface area contributed by atoms with Crippen LogP contribution in [0.4, 0.5) is 5.82 Å². The van der Waals surface area contributed by atoms with Crippen LogP contribution in [0.2, 0.25) is 0 Å². The van der Waals surface area contributed by atoms with E-state index in [0.717, 1.165) is 42.6 Å². The number of rotatable bonds is 6. The van der Waals surface area contributed by atoms with Crippen molar-refractivity contribution in [2.45, 2.75) is 61.2 Å². The zero-order chi connectivity index (χ0) is 19.5. The van der Waals surface area contributed by atoms with Crippen LogP contribution < -0.4 is 5.32 Å². The molecule has 3 aromatic rings. The van der Waals surface area contributed by atoms with Crippen molar-refractivity contribution in [3.8, 4) is 0 Å². The summed E-state index contributed by atoms with van der Waals surface area (Å²) in [6.45, 7) is 1.99. The molecule has 0 saturated heterocycles. The number of pyridine rings is 1. The minimum Gasteiger partial charge on any atom is -0.391 e. The molecule has 1 aliphatic carbocycles. The Kier molecular flexibility index (Phi) is 5.59. The van der Waals surface area contributed by atoms with E-state index in [1.54, 1.807) is 12.4 Å². The second-order valence-electron chi connectivity index (χ2n) is 6.96. The van der Waals surface area contributed by atoms with Crippen LogP contribution in [-0.2, 0) is 6.42 Å². The highest BCUT2D eigenvalue weighted by Gasteiger charge is 2.26. The van der Waals surface area contributed by atoms with Crippen LogP contribution in [0, 0.1) is 0 Å². The van der Waals surface area contributed by atoms with E-state index in [2.05, 4.69) is 20.3 Å². The maximum Gasteiger partial charge on any atom is 0.196 e. The molecule has 1 saturated carbocycles. The second-order valence-corrected chi connectivity index (χ2v) is 8.00. The molecule has 7 nitrogen and oxygen atoms in total. The molecule has 3 aromatic heterocycles. The van der Waals surface area contributed by atoms with E-state index in [0.29, 0.717) is 34.0 Å². The van der Waals surface area contributed by atoms with Crippen molar-refractivity contribution in [3.05, 3.63) is 35.8 Å². The van der Waals surface area contributed by atoms with Crippen molar-refractivity contribution in [2.24, 2.45) is 0 Å². The lowest BCUT2D eigenvalue weighted by molar-refractivity contribution is 0.112. The largest absolute Gasteiger partial charge is 0.391 e. The fraction of sp³-hybridized carbons (Fsp3) is 0.400. The van der Waals surface area contributed by atoms with Gasteiger partial charge in [0.15, 0.2) is 11.4 Å². The molecular weight excluding hydrogens is 374 g/mol. The number of aryl methyl sites for hydroxylation is 1. The van der Waals surface area contributed by atoms with Gasteiger partial charge < -0.3 is 15.4 Å². The maximum atomic E-state index is 11.8. The molecule has 0 spiro atoms. The fourth-order valence-corrected chi connectivity index (χ4v) is 4.42. The average molecular weight is 398 g/mol. The molecule has 3 N–H and O–H groups in total. The van der Waals surface area contributed by atoms with Crippen LogP contribution in [0.5, 0.6) is 0 Å². The minimum absolute atomic E-state index is 0.0810. The summed E-state index contributed by atoms with van der Waals surface area (Å²) in [5, 5.41) is 15.1. The van der Waals surface area contributed by atoms with Crippen molar-refractivity contribution < 1.29 is 9.90 Å². The standard InChI is InChI=1S/C20H23N5O2S/c1-2-14-13(11-26)17-18(22-14)24-20(28-12-6-5-9-21-10-12)25-19(17)23-15-7-3-4-8-16(15)27/h5-6,9-11,15-16,27H,2-4,7-8H2,1H3,(H2,22,23,24,25)/t15?,16-/m1/s1. The monoisotopic (exact) mass is 397 g/mol. The van der Waals surface area contributed by atoms with E-state index in [1.807, 2.05) is 19.1 Å². The number of aldehydes is 1. The van der Waals surface area contributed by atoms with E-state index >= 15 is 0 Å². The molecule has 3 heterocycles. The van der Waals surface area contributed by atoms with Crippen LogP contribution in [0.3, 0.4) is 0 Å². The zero-order valence-corrected chi connectivity index (χ0v) is 16.5. The van der Waals surface area contributed by atoms with E-state index < -0.39 is 6.10 Å². The lowest BCUT2D eigenvalue weighted by atomic mass is 9.92. The SMILES string of the molecule is CCc1[nH]c2nc(Sc3cccnc3)nc(NC3CCCC[C@H]3O)c2c1C=O. The molecule has 1 unspecified atom stereocenters. The first-order chi connectivity index (χ1) is 13.7. The third-order valence-electron chi connectivity index (χ3n) is 5.12. The first kappa shape index (κ1) is 18.9. The number of aliphatic hydroxyl groups excluding tert-OH is 1. The predicted molar refractivity (Wildman–Crippen MR) is 109 cm³/mol. The molecular formula is C20H23N5O2S. The Balaban J connectivity index is 1.78. The summed E-state index contributed by atoms with van der Waals surface area (Å²) >= 11 is 1.41. The molecule has 2 atom stereocenters. The van der Waals surface area contributed by atoms with E-state index in [9.17, 15) is 9.90 Å². The molecule has 0 aromatic carbocycles. The quantitative estimate of drug-likeness (QED) is 0.431. The first-order valence-electron chi connectivity index (χ1n) is 9.59. The number of aromatic nitrogens is 4. The normalized spacial score (nSPS) is 19.6. The van der Waals surface area contributed by atoms with Crippen molar-refractivity contribution in [1.82, 2.24) is 19.9 Å². The van der Waals surface area contributed by atoms with Crippen molar-refractivity contribution >= 4 is 34.9 Å². The topological polar surface area (TPSA) is 104 Å². The maximum absolute atomic E-state index is 11.8. The van der Waals surface area contributed by atoms with Crippen molar-refractivity contribution in [3.63, 3.8) is 0 Å². The Labute approximate surface area is 167 Å². The van der Waals surface area contributed by atoms with Gasteiger partial charge in [-0.25, -0.2) is 9.97 Å². The number of hydrogen-bond donors (Lipinski definition) is 3. The van der Waals surface area contributed by atoms with E-state index in [1.165, 1.54) is 11.8 Å². The van der Waals surface area contributed by atoms with Crippen LogP contribution in [-0.4, -0.2) is 43.5 Å². The Morgan fingerprint density at radius 2 is 2.21 bits per heavy atom. The van der Waals surface area contributed by atoms with Gasteiger partial charge in [0.1, 0.15) is 11.5 Å². The minimum atomic E-state index is -0.419. The van der Waals surface area contributed by atoms with Gasteiger partial charge in [0.2, 0.25) is 0 Å². The molecule has 8 heteroatoms. The number of fused-ring (bicyclic) bond motifs is 1. The summed E-state index contributed by atoms with van der Waals surface area (Å²) in [5.74, 6) is 0.598. The lowest BCUT2D eigenvalue weighted by Gasteiger charge is -2.29. The third kappa shape index (κ3) is 3.74. The van der Waals surface area contributed by atoms with E-state index in [-0.39, 0.29) is 6.04 Å². The fourth-order valence-electron chi connectivity index (χ4n) is 3.67. The number of carbonyl (C=O) groups excluding carboxylic acids is 1. The van der Waals surface area contributed by atoms with Gasteiger partial charge in [0.25, 0.3) is 0 Å². The third-order valence-corrected chi connectivity index (χ3v) is 5.96. The highest BCUT2D eigenvalue weighted by Crippen LogP contribution is 2.33. The van der Waals surface area contributed by atoms with Crippen LogP contribution >= 0.6 is 11.8 Å². The summed E-state index contributed by atoms with van der Waals surface area (Å²) in [7, 11) is 0. The second kappa shape index (κ2) is 8.28. The smallest absolute Gasteiger partial charge is 0.196 e. The van der Waals surface area contributed by atoms with Gasteiger partial charge in [-0.2, -0.15) is 0 Å². The van der Waals surface area contributed by atoms with Crippen LogP contribution in [0.15, 0.2) is 34.6 Å². The first-order valence-corrected chi connectivity index (χ1v) is 10.4. The van der Waals surface area contributed by atoms with Gasteiger partial charge >= 0.3 is 0 Å². The summed E-state index contributed by atoms with van der Waals surface area (Å²) in [6.07, 6.45) is 8.37. The highest BCUT2D eigenvalue weighted by molar-refractivity contribution is 7.99. The van der Waals surface area contributed by atoms with Gasteiger partial charge in [0, 0.05) is 28.5 Å². The Bertz CT molecular complexity index is 976. The van der Waals surface area contributed by atoms with Crippen molar-refractivity contribution in [2.75, 3.05) is 5.32 Å². The van der Waals surface area contributed by atoms with Gasteiger partial charge in [-0.15, -0.1) is 0 Å². The molecule has 146 valence electrons. The number of nitrogens with one attached hydrogen (secondary N) is 2. The van der Waals surface area contributed by atoms with Crippen molar-refractivity contribution in [1.29, 1.82) is 0 Å². The number of carbonyl (C=O) groups is 1. The van der Waals surface area contributed by atoms with E-state index in [4.69, 9.17) is 4.98 Å². The summed E-state index contributed by atoms with van der Waals surface area (Å²) in [6, 6.07) is 3.74. The number of anilines is 1. The summed E-state index contributed by atoms with van der Waals surface area (Å²) in [5.41, 5.74) is 2.06. The predicted octanol–water partition coefficient (Wildman–Crippen LogP) is 3.59.